The lowest BCUT2D eigenvalue weighted by Crippen LogP contribution is -2.49. The fraction of sp³-hybridized carbons (Fsp3) is 0.800. The number of carbonyl (C=O) groups is 1. The highest BCUT2D eigenvalue weighted by Crippen LogP contribution is 2.66. The Hall–Kier alpha value is -0.830. The molecule has 5 atom stereocenters. The van der Waals surface area contributed by atoms with Crippen LogP contribution in [0.3, 0.4) is 0 Å². The molecule has 3 aliphatic carbocycles. The van der Waals surface area contributed by atoms with Crippen LogP contribution in [0.5, 0.6) is 0 Å². The highest BCUT2D eigenvalue weighted by Gasteiger charge is 2.59. The smallest absolute Gasteiger partial charge is 0.331 e. The van der Waals surface area contributed by atoms with E-state index in [1.165, 1.54) is 0 Å². The summed E-state index contributed by atoms with van der Waals surface area (Å²) in [6.07, 6.45) is 6.16. The zero-order valence-corrected chi connectivity index (χ0v) is 11.1. The van der Waals surface area contributed by atoms with E-state index in [2.05, 4.69) is 13.8 Å². The van der Waals surface area contributed by atoms with E-state index in [0.29, 0.717) is 17.4 Å². The van der Waals surface area contributed by atoms with Crippen LogP contribution in [0, 0.1) is 28.6 Å². The molecule has 0 heterocycles. The summed E-state index contributed by atoms with van der Waals surface area (Å²) in [6, 6.07) is 0. The largest absolute Gasteiger partial charge is 0.478 e. The molecule has 3 rings (SSSR count). The van der Waals surface area contributed by atoms with Gasteiger partial charge in [-0.2, -0.15) is 0 Å². The number of aliphatic hydroxyl groups excluding tert-OH is 1. The van der Waals surface area contributed by atoms with Crippen molar-refractivity contribution in [2.24, 2.45) is 28.6 Å². The molecule has 18 heavy (non-hydrogen) atoms. The van der Waals surface area contributed by atoms with Crippen LogP contribution in [-0.4, -0.2) is 22.8 Å². The third-order valence-corrected chi connectivity index (χ3v) is 5.97. The first kappa shape index (κ1) is 12.2. The molecular formula is C15H22O3. The van der Waals surface area contributed by atoms with Gasteiger partial charge >= 0.3 is 5.97 Å². The van der Waals surface area contributed by atoms with E-state index in [4.69, 9.17) is 0 Å². The van der Waals surface area contributed by atoms with Crippen LogP contribution in [0.1, 0.15) is 39.5 Å². The minimum atomic E-state index is -0.734. The molecule has 100 valence electrons. The molecule has 3 heteroatoms. The number of allylic oxidation sites excluding steroid dienone is 1. The zero-order valence-electron chi connectivity index (χ0n) is 11.1. The van der Waals surface area contributed by atoms with Crippen LogP contribution in [0.2, 0.25) is 0 Å². The Kier molecular flexibility index (Phi) is 2.44. The summed E-state index contributed by atoms with van der Waals surface area (Å²) in [6.45, 7) is 4.62. The Morgan fingerprint density at radius 2 is 2.17 bits per heavy atom. The van der Waals surface area contributed by atoms with E-state index in [9.17, 15) is 15.0 Å². The van der Waals surface area contributed by atoms with Gasteiger partial charge in [-0.05, 0) is 54.3 Å². The van der Waals surface area contributed by atoms with E-state index in [0.717, 1.165) is 25.7 Å². The predicted octanol–water partition coefficient (Wildman–Crippen LogP) is 2.45. The number of carboxylic acid groups (broad SMARTS) is 1. The molecule has 0 aromatic heterocycles. The van der Waals surface area contributed by atoms with Crippen molar-refractivity contribution >= 4 is 5.97 Å². The number of rotatable bonds is 2. The van der Waals surface area contributed by atoms with Crippen LogP contribution in [0.15, 0.2) is 11.6 Å². The first-order valence-electron chi connectivity index (χ1n) is 6.95. The lowest BCUT2D eigenvalue weighted by molar-refractivity contribution is -0.136. The molecule has 0 saturated heterocycles. The Morgan fingerprint density at radius 3 is 2.67 bits per heavy atom. The van der Waals surface area contributed by atoms with E-state index < -0.39 is 5.97 Å². The molecule has 0 aliphatic heterocycles. The van der Waals surface area contributed by atoms with Crippen molar-refractivity contribution in [1.29, 1.82) is 0 Å². The molecule has 0 radical (unpaired) electrons. The summed E-state index contributed by atoms with van der Waals surface area (Å²) in [7, 11) is 0. The van der Waals surface area contributed by atoms with Gasteiger partial charge in [0.05, 0.1) is 0 Å². The topological polar surface area (TPSA) is 57.5 Å². The van der Waals surface area contributed by atoms with Crippen molar-refractivity contribution in [3.63, 3.8) is 0 Å². The molecule has 2 N–H and O–H groups in total. The number of hydrogen-bond donors (Lipinski definition) is 2. The zero-order chi connectivity index (χ0) is 13.1. The molecule has 0 aromatic carbocycles. The van der Waals surface area contributed by atoms with Crippen molar-refractivity contribution in [1.82, 2.24) is 0 Å². The van der Waals surface area contributed by atoms with Crippen molar-refractivity contribution in [3.8, 4) is 0 Å². The molecule has 0 amide bonds. The maximum atomic E-state index is 11.4. The number of fused-ring (bicyclic) bond motifs is 3. The van der Waals surface area contributed by atoms with E-state index in [-0.39, 0.29) is 23.4 Å². The maximum Gasteiger partial charge on any atom is 0.331 e. The normalized spacial score (nSPS) is 49.9. The fourth-order valence-electron chi connectivity index (χ4n) is 4.77. The second-order valence-electron chi connectivity index (χ2n) is 7.17. The molecule has 2 fully saturated rings. The highest BCUT2D eigenvalue weighted by molar-refractivity contribution is 5.88. The molecule has 2 saturated carbocycles. The quantitative estimate of drug-likeness (QED) is 0.791. The average Bonchev–Trinajstić information content (AvgIpc) is 2.63. The third-order valence-electron chi connectivity index (χ3n) is 5.97. The van der Waals surface area contributed by atoms with Crippen LogP contribution < -0.4 is 0 Å². The highest BCUT2D eigenvalue weighted by atomic mass is 16.4. The minimum Gasteiger partial charge on any atom is -0.478 e. The van der Waals surface area contributed by atoms with Gasteiger partial charge in [0.1, 0.15) is 0 Å². The number of carboxylic acids is 1. The van der Waals surface area contributed by atoms with E-state index >= 15 is 0 Å². The Morgan fingerprint density at radius 1 is 1.44 bits per heavy atom. The molecular weight excluding hydrogens is 228 g/mol. The molecule has 0 spiro atoms. The van der Waals surface area contributed by atoms with Crippen molar-refractivity contribution in [3.05, 3.63) is 11.6 Å². The molecule has 3 aliphatic rings. The van der Waals surface area contributed by atoms with Gasteiger partial charge in [-0.25, -0.2) is 4.79 Å². The van der Waals surface area contributed by atoms with Gasteiger partial charge < -0.3 is 10.2 Å². The molecule has 0 bridgehead atoms. The standard InChI is InChI=1S/C15H22O3/c1-14(8-16)6-9-5-10(13(17)18)11-3-4-15(11,2)12(9)7-14/h5,9,11-12,16H,3-4,6-8H2,1-2H3,(H,17,18). The summed E-state index contributed by atoms with van der Waals surface area (Å²) in [4.78, 5) is 11.4. The van der Waals surface area contributed by atoms with Gasteiger partial charge in [0, 0.05) is 12.2 Å². The number of hydrogen-bond acceptors (Lipinski definition) is 2. The fourth-order valence-corrected chi connectivity index (χ4v) is 4.77. The summed E-state index contributed by atoms with van der Waals surface area (Å²) in [5.41, 5.74) is 0.801. The summed E-state index contributed by atoms with van der Waals surface area (Å²) >= 11 is 0. The van der Waals surface area contributed by atoms with Crippen LogP contribution in [0.4, 0.5) is 0 Å². The Bertz CT molecular complexity index is 427. The van der Waals surface area contributed by atoms with Crippen molar-refractivity contribution in [2.45, 2.75) is 39.5 Å². The van der Waals surface area contributed by atoms with Crippen molar-refractivity contribution in [2.75, 3.05) is 6.61 Å². The summed E-state index contributed by atoms with van der Waals surface area (Å²) in [5, 5.41) is 18.9. The van der Waals surface area contributed by atoms with Gasteiger partial charge in [0.15, 0.2) is 0 Å². The van der Waals surface area contributed by atoms with Crippen LogP contribution in [-0.2, 0) is 4.79 Å². The number of aliphatic hydroxyl groups is 1. The van der Waals surface area contributed by atoms with Gasteiger partial charge in [0.25, 0.3) is 0 Å². The first-order chi connectivity index (χ1) is 8.39. The first-order valence-corrected chi connectivity index (χ1v) is 6.95. The van der Waals surface area contributed by atoms with Crippen LogP contribution in [0.25, 0.3) is 0 Å². The lowest BCUT2D eigenvalue weighted by atomic mass is 9.48. The van der Waals surface area contributed by atoms with Crippen LogP contribution >= 0.6 is 0 Å². The summed E-state index contributed by atoms with van der Waals surface area (Å²) in [5.74, 6) is 0.436. The predicted molar refractivity (Wildman–Crippen MR) is 68.0 cm³/mol. The molecule has 0 aromatic rings. The van der Waals surface area contributed by atoms with E-state index in [1.807, 2.05) is 6.08 Å². The second-order valence-corrected chi connectivity index (χ2v) is 7.17. The number of aliphatic carboxylic acids is 1. The third kappa shape index (κ3) is 1.43. The molecule has 3 nitrogen and oxygen atoms in total. The van der Waals surface area contributed by atoms with Gasteiger partial charge in [-0.1, -0.05) is 19.9 Å². The van der Waals surface area contributed by atoms with Crippen molar-refractivity contribution < 1.29 is 15.0 Å². The SMILES string of the molecule is CC1(CO)CC2C=C(C(=O)O)C3CCC3(C)C2C1. The summed E-state index contributed by atoms with van der Waals surface area (Å²) < 4.78 is 0. The Labute approximate surface area is 108 Å². The lowest BCUT2D eigenvalue weighted by Gasteiger charge is -2.56. The van der Waals surface area contributed by atoms with E-state index in [1.54, 1.807) is 0 Å². The maximum absolute atomic E-state index is 11.4. The van der Waals surface area contributed by atoms with Gasteiger partial charge in [-0.3, -0.25) is 0 Å². The minimum absolute atomic E-state index is 0.0110. The molecule has 5 unspecified atom stereocenters. The van der Waals surface area contributed by atoms with Gasteiger partial charge in [-0.15, -0.1) is 0 Å². The Balaban J connectivity index is 1.98. The van der Waals surface area contributed by atoms with Gasteiger partial charge in [0.2, 0.25) is 0 Å². The second kappa shape index (κ2) is 3.60. The monoisotopic (exact) mass is 250 g/mol. The average molecular weight is 250 g/mol.